The highest BCUT2D eigenvalue weighted by Crippen LogP contribution is 2.22. The van der Waals surface area contributed by atoms with Crippen LogP contribution in [0.15, 0.2) is 24.3 Å². The first-order valence-corrected chi connectivity index (χ1v) is 5.60. The molecule has 0 bridgehead atoms. The van der Waals surface area contributed by atoms with Gasteiger partial charge in [0.2, 0.25) is 5.95 Å². The first kappa shape index (κ1) is 9.04. The Morgan fingerprint density at radius 1 is 1.40 bits per heavy atom. The zero-order chi connectivity index (χ0) is 10.3. The lowest BCUT2D eigenvalue weighted by Crippen LogP contribution is -2.20. The lowest BCUT2D eigenvalue weighted by molar-refractivity contribution is 0.922. The van der Waals surface area contributed by atoms with Gasteiger partial charge in [-0.25, -0.2) is 4.98 Å². The van der Waals surface area contributed by atoms with Gasteiger partial charge in [-0.2, -0.15) is 0 Å². The van der Waals surface area contributed by atoms with E-state index in [1.165, 1.54) is 0 Å². The second-order valence-electron chi connectivity index (χ2n) is 3.91. The molecule has 1 aliphatic heterocycles. The number of hydrogen-bond donors (Lipinski definition) is 1. The fourth-order valence-corrected chi connectivity index (χ4v) is 2.26. The Kier molecular flexibility index (Phi) is 2.06. The summed E-state index contributed by atoms with van der Waals surface area (Å²) in [7, 11) is 0. The van der Waals surface area contributed by atoms with Crippen molar-refractivity contribution in [3.8, 4) is 0 Å². The first-order chi connectivity index (χ1) is 7.33. The van der Waals surface area contributed by atoms with Crippen molar-refractivity contribution in [3.63, 3.8) is 0 Å². The van der Waals surface area contributed by atoms with Crippen molar-refractivity contribution in [1.29, 1.82) is 0 Å². The van der Waals surface area contributed by atoms with Gasteiger partial charge < -0.3 is 9.88 Å². The third kappa shape index (κ3) is 1.57. The van der Waals surface area contributed by atoms with Crippen molar-refractivity contribution in [3.05, 3.63) is 24.3 Å². The molecule has 1 aromatic heterocycles. The first-order valence-electron chi connectivity index (χ1n) is 5.17. The maximum atomic E-state index is 6.07. The molecule has 1 aliphatic rings. The number of aromatic nitrogens is 2. The van der Waals surface area contributed by atoms with E-state index in [9.17, 15) is 0 Å². The van der Waals surface area contributed by atoms with Crippen molar-refractivity contribution in [2.45, 2.75) is 11.8 Å². The maximum Gasteiger partial charge on any atom is 0.203 e. The zero-order valence-corrected chi connectivity index (χ0v) is 9.04. The fraction of sp³-hybridized carbons (Fsp3) is 0.364. The molecule has 0 radical (unpaired) electrons. The van der Waals surface area contributed by atoms with Crippen molar-refractivity contribution >= 4 is 28.6 Å². The molecule has 0 amide bonds. The molecular weight excluding hydrogens is 210 g/mol. The highest BCUT2D eigenvalue weighted by atomic mass is 35.5. The predicted molar refractivity (Wildman–Crippen MR) is 62.6 cm³/mol. The van der Waals surface area contributed by atoms with E-state index in [-0.39, 0.29) is 5.38 Å². The molecule has 0 saturated carbocycles. The van der Waals surface area contributed by atoms with Gasteiger partial charge in [0.05, 0.1) is 16.4 Å². The van der Waals surface area contributed by atoms with E-state index in [1.807, 2.05) is 24.3 Å². The van der Waals surface area contributed by atoms with Crippen LogP contribution in [0, 0.1) is 0 Å². The Hall–Kier alpha value is -1.22. The molecule has 0 aliphatic carbocycles. The Morgan fingerprint density at radius 2 is 2.27 bits per heavy atom. The fourth-order valence-electron chi connectivity index (χ4n) is 2.00. The Bertz CT molecular complexity index is 446. The van der Waals surface area contributed by atoms with E-state index in [1.54, 1.807) is 0 Å². The zero-order valence-electron chi connectivity index (χ0n) is 8.28. The number of hydrogen-bond acceptors (Lipinski definition) is 2. The van der Waals surface area contributed by atoms with Crippen LogP contribution in [-0.4, -0.2) is 28.4 Å². The van der Waals surface area contributed by atoms with Gasteiger partial charge in [-0.05, 0) is 18.6 Å². The predicted octanol–water partition coefficient (Wildman–Crippen LogP) is 2.38. The van der Waals surface area contributed by atoms with Gasteiger partial charge in [0.15, 0.2) is 0 Å². The normalized spacial score (nSPS) is 21.4. The van der Waals surface area contributed by atoms with Crippen LogP contribution in [0.4, 0.5) is 5.95 Å². The Balaban J connectivity index is 1.98. The van der Waals surface area contributed by atoms with Gasteiger partial charge in [-0.15, -0.1) is 11.6 Å². The van der Waals surface area contributed by atoms with Crippen LogP contribution in [0.2, 0.25) is 0 Å². The Labute approximate surface area is 93.1 Å². The summed E-state index contributed by atoms with van der Waals surface area (Å²) >= 11 is 6.07. The molecular formula is C11H12ClN3. The van der Waals surface area contributed by atoms with E-state index < -0.39 is 0 Å². The summed E-state index contributed by atoms with van der Waals surface area (Å²) in [6.07, 6.45) is 1.04. The largest absolute Gasteiger partial charge is 0.341 e. The van der Waals surface area contributed by atoms with E-state index in [0.29, 0.717) is 0 Å². The lowest BCUT2D eigenvalue weighted by Gasteiger charge is -2.12. The summed E-state index contributed by atoms with van der Waals surface area (Å²) in [6, 6.07) is 8.07. The smallest absolute Gasteiger partial charge is 0.203 e. The van der Waals surface area contributed by atoms with Crippen LogP contribution in [0.25, 0.3) is 11.0 Å². The minimum atomic E-state index is 0.262. The average molecular weight is 222 g/mol. The topological polar surface area (TPSA) is 31.9 Å². The lowest BCUT2D eigenvalue weighted by atomic mass is 10.3. The summed E-state index contributed by atoms with van der Waals surface area (Å²) in [4.78, 5) is 10.1. The number of alkyl halides is 1. The van der Waals surface area contributed by atoms with Gasteiger partial charge >= 0.3 is 0 Å². The third-order valence-electron chi connectivity index (χ3n) is 2.81. The number of H-pyrrole nitrogens is 1. The summed E-state index contributed by atoms with van der Waals surface area (Å²) in [5.41, 5.74) is 2.11. The second kappa shape index (κ2) is 3.42. The van der Waals surface area contributed by atoms with Crippen LogP contribution in [0.1, 0.15) is 6.42 Å². The number of rotatable bonds is 1. The van der Waals surface area contributed by atoms with Crippen molar-refractivity contribution in [1.82, 2.24) is 9.97 Å². The monoisotopic (exact) mass is 221 g/mol. The minimum Gasteiger partial charge on any atom is -0.341 e. The number of imidazole rings is 1. The van der Waals surface area contributed by atoms with E-state index >= 15 is 0 Å². The van der Waals surface area contributed by atoms with Crippen LogP contribution in [0.5, 0.6) is 0 Å². The van der Waals surface area contributed by atoms with Crippen molar-refractivity contribution in [2.75, 3.05) is 18.0 Å². The number of nitrogens with zero attached hydrogens (tertiary/aromatic N) is 2. The molecule has 78 valence electrons. The molecule has 1 saturated heterocycles. The van der Waals surface area contributed by atoms with Gasteiger partial charge in [-0.1, -0.05) is 12.1 Å². The summed E-state index contributed by atoms with van der Waals surface area (Å²) < 4.78 is 0. The number of benzene rings is 1. The standard InChI is InChI=1S/C11H12ClN3/c12-8-5-6-15(7-8)11-13-9-3-1-2-4-10(9)14-11/h1-4,8H,5-7H2,(H,13,14). The molecule has 2 aromatic rings. The quantitative estimate of drug-likeness (QED) is 0.750. The summed E-state index contributed by atoms with van der Waals surface area (Å²) in [5, 5.41) is 0.262. The number of para-hydroxylation sites is 2. The molecule has 1 atom stereocenters. The molecule has 1 N–H and O–H groups in total. The molecule has 1 unspecified atom stereocenters. The van der Waals surface area contributed by atoms with E-state index in [2.05, 4.69) is 14.9 Å². The van der Waals surface area contributed by atoms with Crippen molar-refractivity contribution < 1.29 is 0 Å². The highest BCUT2D eigenvalue weighted by Gasteiger charge is 2.22. The van der Waals surface area contributed by atoms with Gasteiger partial charge in [0, 0.05) is 13.1 Å². The minimum absolute atomic E-state index is 0.262. The van der Waals surface area contributed by atoms with Crippen LogP contribution in [0.3, 0.4) is 0 Å². The summed E-state index contributed by atoms with van der Waals surface area (Å²) in [5.74, 6) is 0.944. The number of fused-ring (bicyclic) bond motifs is 1. The van der Waals surface area contributed by atoms with Gasteiger partial charge in [-0.3, -0.25) is 0 Å². The van der Waals surface area contributed by atoms with Crippen LogP contribution in [-0.2, 0) is 0 Å². The van der Waals surface area contributed by atoms with Crippen LogP contribution < -0.4 is 4.90 Å². The van der Waals surface area contributed by atoms with Gasteiger partial charge in [0.1, 0.15) is 0 Å². The maximum absolute atomic E-state index is 6.07. The average Bonchev–Trinajstić information content (AvgIpc) is 2.82. The SMILES string of the molecule is ClC1CCN(c2nc3ccccc3[nH]2)C1. The van der Waals surface area contributed by atoms with Gasteiger partial charge in [0.25, 0.3) is 0 Å². The Morgan fingerprint density at radius 3 is 3.00 bits per heavy atom. The number of nitrogens with one attached hydrogen (secondary N) is 1. The highest BCUT2D eigenvalue weighted by molar-refractivity contribution is 6.21. The molecule has 15 heavy (non-hydrogen) atoms. The molecule has 0 spiro atoms. The van der Waals surface area contributed by atoms with Crippen LogP contribution >= 0.6 is 11.6 Å². The molecule has 1 fully saturated rings. The molecule has 3 nitrogen and oxygen atoms in total. The van der Waals surface area contributed by atoms with E-state index in [4.69, 9.17) is 11.6 Å². The molecule has 3 rings (SSSR count). The number of halogens is 1. The molecule has 4 heteroatoms. The third-order valence-corrected chi connectivity index (χ3v) is 3.16. The molecule has 2 heterocycles. The summed E-state index contributed by atoms with van der Waals surface area (Å²) in [6.45, 7) is 1.88. The molecule has 1 aromatic carbocycles. The number of aromatic amines is 1. The van der Waals surface area contributed by atoms with E-state index in [0.717, 1.165) is 36.5 Å². The van der Waals surface area contributed by atoms with Crippen molar-refractivity contribution in [2.24, 2.45) is 0 Å². The number of anilines is 1. The second-order valence-corrected chi connectivity index (χ2v) is 4.53.